The highest BCUT2D eigenvalue weighted by atomic mass is 31.2. The van der Waals surface area contributed by atoms with Crippen LogP contribution in [-0.4, -0.2) is 18.3 Å². The number of pyridine rings is 1. The van der Waals surface area contributed by atoms with Crippen LogP contribution in [0, 0.1) is 0 Å². The number of para-hydroxylation sites is 2. The van der Waals surface area contributed by atoms with E-state index < -0.39 is 7.14 Å². The fraction of sp³-hybridized carbons (Fsp3) is 0.0645. The summed E-state index contributed by atoms with van der Waals surface area (Å²) in [6.45, 7) is 3.59. The van der Waals surface area contributed by atoms with Gasteiger partial charge < -0.3 is 13.4 Å². The van der Waals surface area contributed by atoms with E-state index in [0.717, 1.165) is 71.7 Å². The smallest absolute Gasteiger partial charge is 0.165 e. The van der Waals surface area contributed by atoms with Crippen LogP contribution >= 0.6 is 7.14 Å². The Bertz CT molecular complexity index is 1880. The Labute approximate surface area is 207 Å². The zero-order valence-electron chi connectivity index (χ0n) is 19.9. The molecule has 0 aliphatic rings. The second-order valence-corrected chi connectivity index (χ2v) is 12.7. The van der Waals surface area contributed by atoms with Gasteiger partial charge >= 0.3 is 0 Å². The van der Waals surface area contributed by atoms with Crippen molar-refractivity contribution >= 4 is 56.6 Å². The summed E-state index contributed by atoms with van der Waals surface area (Å²) in [5.74, 6) is 0. The molecule has 4 nitrogen and oxygen atoms in total. The summed E-state index contributed by atoms with van der Waals surface area (Å²) in [6, 6.07) is 32.4. The van der Waals surface area contributed by atoms with Gasteiger partial charge in [-0.15, -0.1) is 0 Å². The average molecular weight is 487 g/mol. The van der Waals surface area contributed by atoms with Gasteiger partial charge in [0.2, 0.25) is 0 Å². The van der Waals surface area contributed by atoms with E-state index in [2.05, 4.69) is 24.3 Å². The van der Waals surface area contributed by atoms with Crippen molar-refractivity contribution < 1.29 is 13.4 Å². The molecule has 0 spiro atoms. The first-order valence-electron chi connectivity index (χ1n) is 11.9. The highest BCUT2D eigenvalue weighted by Crippen LogP contribution is 2.43. The topological polar surface area (TPSA) is 56.2 Å². The quantitative estimate of drug-likeness (QED) is 0.235. The maximum absolute atomic E-state index is 12.4. The molecule has 0 amide bonds. The summed E-state index contributed by atoms with van der Waals surface area (Å²) in [6.07, 6.45) is 0. The molecule has 3 heterocycles. The number of hydrogen-bond acceptors (Lipinski definition) is 4. The number of rotatable bonds is 3. The van der Waals surface area contributed by atoms with E-state index >= 15 is 0 Å². The van der Waals surface area contributed by atoms with Crippen LogP contribution < -0.4 is 5.30 Å². The Kier molecular flexibility index (Phi) is 4.52. The Morgan fingerprint density at radius 2 is 1.03 bits per heavy atom. The van der Waals surface area contributed by atoms with Gasteiger partial charge in [-0.25, -0.2) is 4.98 Å². The third kappa shape index (κ3) is 3.22. The molecule has 0 atom stereocenters. The first-order valence-corrected chi connectivity index (χ1v) is 14.5. The monoisotopic (exact) mass is 487 g/mol. The lowest BCUT2D eigenvalue weighted by Gasteiger charge is -2.09. The van der Waals surface area contributed by atoms with E-state index in [1.165, 1.54) is 0 Å². The van der Waals surface area contributed by atoms with E-state index in [1.807, 2.05) is 72.8 Å². The lowest BCUT2D eigenvalue weighted by atomic mass is 9.99. The standard InChI is InChI=1S/C31H22NO3P/c1-36(2,33)22-17-15-20(16-18-22)19-11-13-21(14-12-19)27-30-28(23-7-3-5-9-25(23)34-30)32-29-24-8-4-6-10-26(24)35-31(27)29/h3-18H,1-2H3. The van der Waals surface area contributed by atoms with Crippen LogP contribution in [0.5, 0.6) is 0 Å². The van der Waals surface area contributed by atoms with Crippen LogP contribution in [-0.2, 0) is 4.57 Å². The van der Waals surface area contributed by atoms with Crippen molar-refractivity contribution in [3.8, 4) is 22.3 Å². The van der Waals surface area contributed by atoms with Gasteiger partial charge in [-0.3, -0.25) is 0 Å². The minimum atomic E-state index is -2.28. The third-order valence-corrected chi connectivity index (χ3v) is 8.35. The Morgan fingerprint density at radius 3 is 1.53 bits per heavy atom. The molecule has 5 heteroatoms. The highest BCUT2D eigenvalue weighted by Gasteiger charge is 2.22. The van der Waals surface area contributed by atoms with Crippen LogP contribution in [0.1, 0.15) is 0 Å². The summed E-state index contributed by atoms with van der Waals surface area (Å²) in [5.41, 5.74) is 8.80. The number of hydrogen-bond donors (Lipinski definition) is 0. The van der Waals surface area contributed by atoms with Crippen molar-refractivity contribution in [1.82, 2.24) is 4.98 Å². The van der Waals surface area contributed by atoms with E-state index in [0.29, 0.717) is 0 Å². The zero-order valence-corrected chi connectivity index (χ0v) is 20.8. The van der Waals surface area contributed by atoms with E-state index in [-0.39, 0.29) is 0 Å². The third-order valence-electron chi connectivity index (χ3n) is 6.81. The maximum atomic E-state index is 12.4. The fourth-order valence-corrected chi connectivity index (χ4v) is 5.81. The molecule has 0 saturated carbocycles. The van der Waals surface area contributed by atoms with Crippen molar-refractivity contribution in [2.75, 3.05) is 13.3 Å². The number of furan rings is 2. The summed E-state index contributed by atoms with van der Waals surface area (Å²) < 4.78 is 25.1. The number of benzene rings is 4. The van der Waals surface area contributed by atoms with Gasteiger partial charge in [-0.1, -0.05) is 72.8 Å². The normalized spacial score (nSPS) is 12.3. The summed E-state index contributed by atoms with van der Waals surface area (Å²) in [5, 5.41) is 2.86. The molecule has 174 valence electrons. The second kappa shape index (κ2) is 7.68. The molecule has 3 aromatic heterocycles. The molecule has 7 rings (SSSR count). The predicted octanol–water partition coefficient (Wildman–Crippen LogP) is 8.46. The minimum Gasteiger partial charge on any atom is -0.454 e. The Balaban J connectivity index is 1.45. The van der Waals surface area contributed by atoms with Crippen LogP contribution in [0.3, 0.4) is 0 Å². The van der Waals surface area contributed by atoms with Gasteiger partial charge in [-0.05, 0) is 54.3 Å². The second-order valence-electron chi connectivity index (χ2n) is 9.51. The molecule has 0 radical (unpaired) electrons. The van der Waals surface area contributed by atoms with Crippen molar-refractivity contribution in [2.45, 2.75) is 0 Å². The molecule has 7 aromatic rings. The van der Waals surface area contributed by atoms with Crippen LogP contribution in [0.25, 0.3) is 66.4 Å². The average Bonchev–Trinajstić information content (AvgIpc) is 3.45. The summed E-state index contributed by atoms with van der Waals surface area (Å²) >= 11 is 0. The number of fused-ring (bicyclic) bond motifs is 6. The van der Waals surface area contributed by atoms with Crippen molar-refractivity contribution in [3.63, 3.8) is 0 Å². The van der Waals surface area contributed by atoms with Crippen LogP contribution in [0.4, 0.5) is 0 Å². The largest absolute Gasteiger partial charge is 0.454 e. The van der Waals surface area contributed by atoms with Crippen LogP contribution in [0.2, 0.25) is 0 Å². The molecule has 0 bridgehead atoms. The number of aromatic nitrogens is 1. The highest BCUT2D eigenvalue weighted by molar-refractivity contribution is 7.70. The maximum Gasteiger partial charge on any atom is 0.165 e. The van der Waals surface area contributed by atoms with Crippen molar-refractivity contribution in [2.24, 2.45) is 0 Å². The summed E-state index contributed by atoms with van der Waals surface area (Å²) in [4.78, 5) is 5.02. The van der Waals surface area contributed by atoms with Gasteiger partial charge in [0.15, 0.2) is 11.2 Å². The van der Waals surface area contributed by atoms with Crippen LogP contribution in [0.15, 0.2) is 106 Å². The lowest BCUT2D eigenvalue weighted by Crippen LogP contribution is -2.01. The van der Waals surface area contributed by atoms with Crippen molar-refractivity contribution in [1.29, 1.82) is 0 Å². The zero-order chi connectivity index (χ0) is 24.4. The SMILES string of the molecule is CP(C)(=O)c1ccc(-c2ccc(-c3c4oc5ccccc5c4nc4c3oc3ccccc34)cc2)cc1. The van der Waals surface area contributed by atoms with Gasteiger partial charge in [-0.2, -0.15) is 0 Å². The lowest BCUT2D eigenvalue weighted by molar-refractivity contribution is 0.588. The van der Waals surface area contributed by atoms with E-state index in [4.69, 9.17) is 13.8 Å². The molecule has 0 saturated heterocycles. The molecule has 0 fully saturated rings. The van der Waals surface area contributed by atoms with E-state index in [1.54, 1.807) is 13.3 Å². The fourth-order valence-electron chi connectivity index (χ4n) is 4.94. The molecule has 0 aliphatic carbocycles. The van der Waals surface area contributed by atoms with Gasteiger partial charge in [0.05, 0.1) is 5.56 Å². The first-order chi connectivity index (χ1) is 17.5. The summed E-state index contributed by atoms with van der Waals surface area (Å²) in [7, 11) is -2.28. The Morgan fingerprint density at radius 1 is 0.583 bits per heavy atom. The van der Waals surface area contributed by atoms with Gasteiger partial charge in [0, 0.05) is 16.1 Å². The first kappa shape index (κ1) is 21.2. The van der Waals surface area contributed by atoms with Gasteiger partial charge in [0.25, 0.3) is 0 Å². The van der Waals surface area contributed by atoms with E-state index in [9.17, 15) is 4.57 Å². The molecular weight excluding hydrogens is 465 g/mol. The van der Waals surface area contributed by atoms with Crippen molar-refractivity contribution in [3.05, 3.63) is 97.1 Å². The molecule has 0 aliphatic heterocycles. The number of nitrogens with zero attached hydrogens (tertiary/aromatic N) is 1. The molecule has 36 heavy (non-hydrogen) atoms. The molecule has 0 N–H and O–H groups in total. The molecule has 4 aromatic carbocycles. The minimum absolute atomic E-state index is 0.724. The molecular formula is C31H22NO3P. The van der Waals surface area contributed by atoms with Gasteiger partial charge in [0.1, 0.15) is 29.3 Å². The predicted molar refractivity (Wildman–Crippen MR) is 149 cm³/mol. The Hall–Kier alpha value is -4.14. The molecule has 0 unspecified atom stereocenters.